The summed E-state index contributed by atoms with van der Waals surface area (Å²) in [6.07, 6.45) is 33.5. The minimum Gasteiger partial charge on any atom is -0.389 e. The van der Waals surface area contributed by atoms with Crippen molar-refractivity contribution in [2.24, 2.45) is 0 Å². The van der Waals surface area contributed by atoms with E-state index in [-0.39, 0.29) is 18.9 Å². The van der Waals surface area contributed by atoms with Crippen molar-refractivity contribution in [3.05, 3.63) is 60.8 Å². The van der Waals surface area contributed by atoms with Gasteiger partial charge in [0.2, 0.25) is 5.91 Å². The van der Waals surface area contributed by atoms with E-state index in [0.717, 1.165) is 51.4 Å². The van der Waals surface area contributed by atoms with E-state index in [1.54, 1.807) is 24.3 Å². The van der Waals surface area contributed by atoms with Crippen LogP contribution in [0.3, 0.4) is 0 Å². The van der Waals surface area contributed by atoms with Gasteiger partial charge in [-0.3, -0.25) is 13.8 Å². The first-order chi connectivity index (χ1) is 24.8. The fourth-order valence-corrected chi connectivity index (χ4v) is 5.87. The van der Waals surface area contributed by atoms with E-state index in [2.05, 4.69) is 19.2 Å². The van der Waals surface area contributed by atoms with Crippen LogP contribution in [0.1, 0.15) is 129 Å². The molecule has 52 heavy (non-hydrogen) atoms. The molecular formula is C41H76N2O8P+. The molecule has 5 N–H and O–H groups in total. The summed E-state index contributed by atoms with van der Waals surface area (Å²) in [5.41, 5.74) is 0. The number of aliphatic hydroxyl groups excluding tert-OH is 3. The number of likely N-dealkylation sites (N-methyl/N-ethyl adjacent to an activating group) is 1. The lowest BCUT2D eigenvalue weighted by molar-refractivity contribution is -0.870. The third-order valence-electron chi connectivity index (χ3n) is 8.44. The molecule has 0 fully saturated rings. The van der Waals surface area contributed by atoms with Crippen molar-refractivity contribution in [3.8, 4) is 0 Å². The first kappa shape index (κ1) is 50.1. The number of phosphoric ester groups is 1. The normalized spacial score (nSPS) is 16.4. The zero-order valence-corrected chi connectivity index (χ0v) is 34.1. The van der Waals surface area contributed by atoms with Gasteiger partial charge in [-0.2, -0.15) is 0 Å². The van der Waals surface area contributed by atoms with E-state index in [9.17, 15) is 29.6 Å². The lowest BCUT2D eigenvalue weighted by Crippen LogP contribution is -2.45. The summed E-state index contributed by atoms with van der Waals surface area (Å²) < 4.78 is 23.3. The van der Waals surface area contributed by atoms with Gasteiger partial charge in [0, 0.05) is 6.42 Å². The molecule has 10 nitrogen and oxygen atoms in total. The van der Waals surface area contributed by atoms with Gasteiger partial charge in [0.1, 0.15) is 13.2 Å². The topological polar surface area (TPSA) is 146 Å². The van der Waals surface area contributed by atoms with Gasteiger partial charge in [-0.15, -0.1) is 0 Å². The Morgan fingerprint density at radius 3 is 1.83 bits per heavy atom. The number of nitrogens with one attached hydrogen (secondary N) is 1. The summed E-state index contributed by atoms with van der Waals surface area (Å²) in [7, 11) is 1.41. The van der Waals surface area contributed by atoms with E-state index >= 15 is 0 Å². The van der Waals surface area contributed by atoms with Crippen molar-refractivity contribution >= 4 is 13.7 Å². The van der Waals surface area contributed by atoms with Gasteiger partial charge in [0.05, 0.1) is 52.1 Å². The zero-order valence-electron chi connectivity index (χ0n) is 33.2. The van der Waals surface area contributed by atoms with Gasteiger partial charge in [0.15, 0.2) is 0 Å². The fraction of sp³-hybridized carbons (Fsp3) is 0.732. The van der Waals surface area contributed by atoms with Crippen LogP contribution >= 0.6 is 7.82 Å². The SMILES string of the molecule is CCCCCCCCCCC/C=C/[C@@H](O)[C@H](COP(=O)(O)OCC[N+](C)(C)C)NC(=O)CCC[C@H](O)/C=C/C=C\C/C=C\C=C\[C@H](O)CCCCC. The highest BCUT2D eigenvalue weighted by atomic mass is 31.2. The van der Waals surface area contributed by atoms with Crippen molar-refractivity contribution in [1.29, 1.82) is 0 Å². The van der Waals surface area contributed by atoms with E-state index < -0.39 is 38.8 Å². The smallest absolute Gasteiger partial charge is 0.389 e. The molecule has 0 aromatic heterocycles. The van der Waals surface area contributed by atoms with Crippen molar-refractivity contribution in [2.75, 3.05) is 40.9 Å². The predicted octanol–water partition coefficient (Wildman–Crippen LogP) is 8.24. The molecule has 0 aliphatic carbocycles. The maximum absolute atomic E-state index is 12.8. The van der Waals surface area contributed by atoms with Crippen LogP contribution < -0.4 is 5.32 Å². The number of rotatable bonds is 34. The standard InChI is InChI=1S/C41H75N2O8P/c1-6-8-10-11-12-13-14-15-19-22-26-32-40(46)39(36-51-52(48,49)50-35-34-43(3,4)5)42-41(47)33-27-31-38(45)30-25-21-18-16-17-20-24-29-37(44)28-23-9-7-2/h17-18,20-21,24-26,29-30,32,37-40,44-46H,6-16,19,22-23,27-28,31,33-36H2,1-5H3,(H-,42,47,48,49)/p+1/b20-17-,21-18-,29-24+,30-25+,32-26+/t37-,38-,39+,40-/m1/s1. The average Bonchev–Trinajstić information content (AvgIpc) is 3.07. The molecule has 0 heterocycles. The van der Waals surface area contributed by atoms with Crippen LogP contribution in [0, 0.1) is 0 Å². The second kappa shape index (κ2) is 32.5. The van der Waals surface area contributed by atoms with Gasteiger partial charge < -0.3 is 30.0 Å². The lowest BCUT2D eigenvalue weighted by atomic mass is 10.1. The third kappa shape index (κ3) is 33.9. The summed E-state index contributed by atoms with van der Waals surface area (Å²) in [6, 6.07) is -0.954. The van der Waals surface area contributed by atoms with Crippen LogP contribution in [0.5, 0.6) is 0 Å². The molecule has 11 heteroatoms. The second-order valence-electron chi connectivity index (χ2n) is 14.7. The molecule has 0 saturated heterocycles. The van der Waals surface area contributed by atoms with Gasteiger partial charge in [-0.1, -0.05) is 145 Å². The van der Waals surface area contributed by atoms with Crippen LogP contribution in [0.4, 0.5) is 0 Å². The Labute approximate surface area is 317 Å². The Bertz CT molecular complexity index is 1070. The Morgan fingerprint density at radius 1 is 0.712 bits per heavy atom. The molecular weight excluding hydrogens is 679 g/mol. The summed E-state index contributed by atoms with van der Waals surface area (Å²) in [6.45, 7) is 4.47. The number of allylic oxidation sites excluding steroid dienone is 7. The lowest BCUT2D eigenvalue weighted by Gasteiger charge is -2.25. The molecule has 302 valence electrons. The monoisotopic (exact) mass is 756 g/mol. The molecule has 0 rings (SSSR count). The Kier molecular flexibility index (Phi) is 31.4. The van der Waals surface area contributed by atoms with E-state index in [4.69, 9.17) is 9.05 Å². The molecule has 0 aromatic carbocycles. The maximum Gasteiger partial charge on any atom is 0.472 e. The van der Waals surface area contributed by atoms with Crippen molar-refractivity contribution in [2.45, 2.75) is 154 Å². The number of unbranched alkanes of at least 4 members (excludes halogenated alkanes) is 11. The molecule has 0 aromatic rings. The molecule has 1 unspecified atom stereocenters. The molecule has 0 aliphatic heterocycles. The van der Waals surface area contributed by atoms with E-state index in [0.29, 0.717) is 23.9 Å². The Hall–Kier alpha value is -1.88. The molecule has 0 spiro atoms. The third-order valence-corrected chi connectivity index (χ3v) is 9.42. The number of nitrogens with zero attached hydrogens (tertiary/aromatic N) is 1. The van der Waals surface area contributed by atoms with Crippen molar-refractivity contribution in [1.82, 2.24) is 5.32 Å². The summed E-state index contributed by atoms with van der Waals surface area (Å²) in [5, 5.41) is 33.8. The van der Waals surface area contributed by atoms with Crippen LogP contribution in [-0.4, -0.2) is 95.9 Å². The second-order valence-corrected chi connectivity index (χ2v) is 16.2. The number of carbonyl (C=O) groups is 1. The highest BCUT2D eigenvalue weighted by Crippen LogP contribution is 2.43. The molecule has 0 bridgehead atoms. The van der Waals surface area contributed by atoms with Crippen LogP contribution in [-0.2, 0) is 18.4 Å². The largest absolute Gasteiger partial charge is 0.472 e. The molecule has 0 aliphatic rings. The number of quaternary nitrogens is 1. The van der Waals surface area contributed by atoms with Crippen LogP contribution in [0.15, 0.2) is 60.8 Å². The van der Waals surface area contributed by atoms with Gasteiger partial charge in [-0.25, -0.2) is 4.57 Å². The van der Waals surface area contributed by atoms with E-state index in [1.807, 2.05) is 57.6 Å². The van der Waals surface area contributed by atoms with E-state index in [1.165, 1.54) is 44.9 Å². The van der Waals surface area contributed by atoms with Gasteiger partial charge >= 0.3 is 7.82 Å². The number of amides is 1. The summed E-state index contributed by atoms with van der Waals surface area (Å²) in [4.78, 5) is 23.0. The van der Waals surface area contributed by atoms with Gasteiger partial charge in [-0.05, 0) is 38.5 Å². The fourth-order valence-electron chi connectivity index (χ4n) is 5.13. The highest BCUT2D eigenvalue weighted by molar-refractivity contribution is 7.47. The van der Waals surface area contributed by atoms with Crippen LogP contribution in [0.2, 0.25) is 0 Å². The summed E-state index contributed by atoms with van der Waals surface area (Å²) >= 11 is 0. The van der Waals surface area contributed by atoms with Crippen molar-refractivity contribution < 1.29 is 43.1 Å². The molecule has 1 amide bonds. The highest BCUT2D eigenvalue weighted by Gasteiger charge is 2.27. The Balaban J connectivity index is 4.78. The quantitative estimate of drug-likeness (QED) is 0.0145. The number of aliphatic hydroxyl groups is 3. The average molecular weight is 756 g/mol. The zero-order chi connectivity index (χ0) is 38.9. The van der Waals surface area contributed by atoms with Gasteiger partial charge in [0.25, 0.3) is 0 Å². The number of carbonyl (C=O) groups excluding carboxylic acids is 1. The number of hydrogen-bond acceptors (Lipinski definition) is 7. The molecule has 0 radical (unpaired) electrons. The minimum atomic E-state index is -4.40. The first-order valence-corrected chi connectivity index (χ1v) is 21.4. The number of hydrogen-bond donors (Lipinski definition) is 5. The first-order valence-electron chi connectivity index (χ1n) is 19.9. The molecule has 0 saturated carbocycles. The predicted molar refractivity (Wildman–Crippen MR) is 215 cm³/mol. The maximum atomic E-state index is 12.8. The van der Waals surface area contributed by atoms with Crippen molar-refractivity contribution in [3.63, 3.8) is 0 Å². The Morgan fingerprint density at radius 2 is 1.25 bits per heavy atom. The molecule has 5 atom stereocenters. The minimum absolute atomic E-state index is 0.0157. The number of phosphoric acid groups is 1. The van der Waals surface area contributed by atoms with Crippen LogP contribution in [0.25, 0.3) is 0 Å². The summed E-state index contributed by atoms with van der Waals surface area (Å²) in [5.74, 6) is -0.357.